The van der Waals surface area contributed by atoms with Gasteiger partial charge in [0.2, 0.25) is 0 Å². The Labute approximate surface area is 299 Å². The van der Waals surface area contributed by atoms with Crippen molar-refractivity contribution in [1.82, 2.24) is 9.55 Å². The number of nitrogens with zero attached hydrogens (tertiary/aromatic N) is 3. The molecule has 2 aromatic heterocycles. The molecule has 0 atom stereocenters. The van der Waals surface area contributed by atoms with E-state index >= 15 is 0 Å². The first-order chi connectivity index (χ1) is 25.6. The number of hydrogen-bond acceptors (Lipinski definition) is 2. The van der Waals surface area contributed by atoms with Crippen molar-refractivity contribution in [2.45, 2.75) is 0 Å². The summed E-state index contributed by atoms with van der Waals surface area (Å²) < 4.78 is 16.3. The van der Waals surface area contributed by atoms with Crippen LogP contribution in [-0.4, -0.2) is 9.55 Å². The lowest BCUT2D eigenvalue weighted by Gasteiger charge is -2.16. The summed E-state index contributed by atoms with van der Waals surface area (Å²) in [7, 11) is 0. The summed E-state index contributed by atoms with van der Waals surface area (Å²) in [5.41, 5.74) is 10.9. The van der Waals surface area contributed by atoms with Crippen LogP contribution in [0.2, 0.25) is 0 Å². The first-order valence-electron chi connectivity index (χ1n) is 17.3. The molecule has 0 saturated heterocycles. The summed E-state index contributed by atoms with van der Waals surface area (Å²) in [6.45, 7) is 0. The minimum atomic E-state index is -0.270. The van der Waals surface area contributed by atoms with E-state index in [-0.39, 0.29) is 5.82 Å². The maximum absolute atomic E-state index is 14.0. The van der Waals surface area contributed by atoms with Crippen molar-refractivity contribution in [1.29, 1.82) is 5.26 Å². The first-order valence-corrected chi connectivity index (χ1v) is 17.3. The maximum Gasteiger partial charge on any atom is 0.123 e. The number of para-hydroxylation sites is 2. The Morgan fingerprint density at radius 3 is 1.87 bits per heavy atom. The molecule has 242 valence electrons. The fourth-order valence-electron chi connectivity index (χ4n) is 7.85. The van der Waals surface area contributed by atoms with Crippen molar-refractivity contribution >= 4 is 54.3 Å². The van der Waals surface area contributed by atoms with Gasteiger partial charge in [0.05, 0.1) is 33.9 Å². The molecule has 10 rings (SSSR count). The van der Waals surface area contributed by atoms with Crippen molar-refractivity contribution < 1.29 is 4.39 Å². The van der Waals surface area contributed by atoms with Crippen LogP contribution >= 0.6 is 0 Å². The summed E-state index contributed by atoms with van der Waals surface area (Å²) in [4.78, 5) is 5.13. The Kier molecular flexibility index (Phi) is 6.74. The zero-order valence-corrected chi connectivity index (χ0v) is 27.9. The second kappa shape index (κ2) is 11.8. The highest BCUT2D eigenvalue weighted by atomic mass is 19.1. The Bertz CT molecular complexity index is 3060. The Morgan fingerprint density at radius 2 is 1.10 bits per heavy atom. The summed E-state index contributed by atoms with van der Waals surface area (Å²) in [5, 5.41) is 17.5. The molecule has 0 bridgehead atoms. The molecule has 0 aliphatic heterocycles. The van der Waals surface area contributed by atoms with Crippen molar-refractivity contribution in [3.05, 3.63) is 181 Å². The normalized spacial score (nSPS) is 11.5. The number of pyridine rings is 1. The van der Waals surface area contributed by atoms with Gasteiger partial charge < -0.3 is 4.57 Å². The zero-order chi connectivity index (χ0) is 34.8. The van der Waals surface area contributed by atoms with E-state index in [4.69, 9.17) is 4.98 Å². The smallest absolute Gasteiger partial charge is 0.123 e. The van der Waals surface area contributed by atoms with Gasteiger partial charge in [0.25, 0.3) is 0 Å². The lowest BCUT2D eigenvalue weighted by atomic mass is 9.89. The highest BCUT2D eigenvalue weighted by Crippen LogP contribution is 2.42. The molecular weight excluding hydrogens is 638 g/mol. The summed E-state index contributed by atoms with van der Waals surface area (Å²) >= 11 is 0. The molecule has 0 radical (unpaired) electrons. The third-order valence-electron chi connectivity index (χ3n) is 10.3. The Balaban J connectivity index is 1.15. The van der Waals surface area contributed by atoms with E-state index in [0.717, 1.165) is 93.5 Å². The molecule has 8 aromatic carbocycles. The molecule has 4 heteroatoms. The van der Waals surface area contributed by atoms with Crippen LogP contribution in [0.1, 0.15) is 5.56 Å². The lowest BCUT2D eigenvalue weighted by molar-refractivity contribution is 0.628. The number of benzene rings is 8. The number of nitriles is 1. The van der Waals surface area contributed by atoms with Crippen molar-refractivity contribution in [3.63, 3.8) is 0 Å². The van der Waals surface area contributed by atoms with Crippen LogP contribution in [0.3, 0.4) is 0 Å². The highest BCUT2D eigenvalue weighted by Gasteiger charge is 2.18. The number of halogens is 1. The van der Waals surface area contributed by atoms with Gasteiger partial charge in [-0.25, -0.2) is 9.37 Å². The summed E-state index contributed by atoms with van der Waals surface area (Å²) in [6.07, 6.45) is 0. The molecule has 0 unspecified atom stereocenters. The van der Waals surface area contributed by atoms with Gasteiger partial charge in [-0.2, -0.15) is 5.26 Å². The van der Waals surface area contributed by atoms with E-state index in [0.29, 0.717) is 5.56 Å². The standard InChI is InChI=1S/C48H28FN3/c49-35-22-19-33(20-23-35)48-43-28-40(37-10-4-5-11-38(37)47(43)39-12-6-7-13-44(39)51-48)32-17-15-31(16-18-32)34-21-25-46-42(27-34)41-26-30(29-50)14-24-45(41)52(46)36-8-2-1-3-9-36/h1-28H. The SMILES string of the molecule is N#Cc1ccc2c(c1)c1cc(-c3ccc(-c4cc5c(-c6ccc(F)cc6)nc6ccccc6c5c5ccccc45)cc3)ccc1n2-c1ccccc1. The van der Waals surface area contributed by atoms with Gasteiger partial charge in [-0.1, -0.05) is 91.0 Å². The highest BCUT2D eigenvalue weighted by molar-refractivity contribution is 6.25. The van der Waals surface area contributed by atoms with Crippen molar-refractivity contribution in [3.8, 4) is 45.3 Å². The predicted octanol–water partition coefficient (Wildman–Crippen LogP) is 12.7. The van der Waals surface area contributed by atoms with Crippen molar-refractivity contribution in [2.75, 3.05) is 0 Å². The number of hydrogen-bond donors (Lipinski definition) is 0. The third kappa shape index (κ3) is 4.68. The van der Waals surface area contributed by atoms with Gasteiger partial charge in [-0.3, -0.25) is 0 Å². The predicted molar refractivity (Wildman–Crippen MR) is 212 cm³/mol. The molecule has 0 aliphatic rings. The molecule has 10 aromatic rings. The Hall–Kier alpha value is -7.09. The van der Waals surface area contributed by atoms with E-state index < -0.39 is 0 Å². The fraction of sp³-hybridized carbons (Fsp3) is 0. The molecule has 0 spiro atoms. The fourth-order valence-corrected chi connectivity index (χ4v) is 7.85. The molecule has 2 heterocycles. The number of rotatable bonds is 4. The molecule has 0 aliphatic carbocycles. The van der Waals surface area contributed by atoms with Crippen LogP contribution in [0.5, 0.6) is 0 Å². The second-order valence-electron chi connectivity index (χ2n) is 13.2. The van der Waals surface area contributed by atoms with E-state index in [2.05, 4.69) is 108 Å². The largest absolute Gasteiger partial charge is 0.309 e. The van der Waals surface area contributed by atoms with Crippen LogP contribution in [0.4, 0.5) is 4.39 Å². The molecule has 0 N–H and O–H groups in total. The Morgan fingerprint density at radius 1 is 0.481 bits per heavy atom. The van der Waals surface area contributed by atoms with E-state index in [1.807, 2.05) is 60.7 Å². The van der Waals surface area contributed by atoms with Crippen LogP contribution in [0.15, 0.2) is 170 Å². The molecule has 0 fully saturated rings. The molecular formula is C48H28FN3. The quantitative estimate of drug-likeness (QED) is 0.176. The lowest BCUT2D eigenvalue weighted by Crippen LogP contribution is -1.93. The van der Waals surface area contributed by atoms with E-state index in [1.54, 1.807) is 0 Å². The summed E-state index contributed by atoms with van der Waals surface area (Å²) in [5.74, 6) is -0.270. The van der Waals surface area contributed by atoms with Crippen LogP contribution in [0, 0.1) is 17.1 Å². The summed E-state index contributed by atoms with van der Waals surface area (Å²) in [6, 6.07) is 59.6. The molecule has 3 nitrogen and oxygen atoms in total. The van der Waals surface area contributed by atoms with Gasteiger partial charge in [0.1, 0.15) is 5.82 Å². The minimum Gasteiger partial charge on any atom is -0.309 e. The van der Waals surface area contributed by atoms with Gasteiger partial charge in [-0.15, -0.1) is 0 Å². The topological polar surface area (TPSA) is 41.6 Å². The number of aromatic nitrogens is 2. The molecule has 52 heavy (non-hydrogen) atoms. The second-order valence-corrected chi connectivity index (χ2v) is 13.2. The van der Waals surface area contributed by atoms with Crippen LogP contribution < -0.4 is 0 Å². The van der Waals surface area contributed by atoms with Crippen LogP contribution in [-0.2, 0) is 0 Å². The monoisotopic (exact) mass is 665 g/mol. The van der Waals surface area contributed by atoms with Crippen LogP contribution in [0.25, 0.3) is 93.5 Å². The van der Waals surface area contributed by atoms with Gasteiger partial charge in [0, 0.05) is 38.2 Å². The molecule has 0 saturated carbocycles. The average molecular weight is 666 g/mol. The van der Waals surface area contributed by atoms with Gasteiger partial charge in [0.15, 0.2) is 0 Å². The number of fused-ring (bicyclic) bond motifs is 8. The molecule has 0 amide bonds. The first kappa shape index (κ1) is 29.8. The van der Waals surface area contributed by atoms with Gasteiger partial charge >= 0.3 is 0 Å². The third-order valence-corrected chi connectivity index (χ3v) is 10.3. The van der Waals surface area contributed by atoms with E-state index in [1.165, 1.54) is 12.1 Å². The zero-order valence-electron chi connectivity index (χ0n) is 27.9. The average Bonchev–Trinajstić information content (AvgIpc) is 3.53. The van der Waals surface area contributed by atoms with E-state index in [9.17, 15) is 9.65 Å². The van der Waals surface area contributed by atoms with Gasteiger partial charge in [-0.05, 0) is 112 Å². The van der Waals surface area contributed by atoms with Crippen molar-refractivity contribution in [2.24, 2.45) is 0 Å². The minimum absolute atomic E-state index is 0.270. The maximum atomic E-state index is 14.0.